The van der Waals surface area contributed by atoms with Crippen LogP contribution in [0.3, 0.4) is 0 Å². The summed E-state index contributed by atoms with van der Waals surface area (Å²) in [4.78, 5) is 25.2. The second-order valence-corrected chi connectivity index (χ2v) is 10.6. The summed E-state index contributed by atoms with van der Waals surface area (Å²) in [6.45, 7) is 4.44. The molecular formula is C30H29NO4. The van der Waals surface area contributed by atoms with E-state index in [1.807, 2.05) is 42.5 Å². The minimum Gasteiger partial charge on any atom is -0.462 e. The van der Waals surface area contributed by atoms with Crippen molar-refractivity contribution in [1.82, 2.24) is 0 Å². The average molecular weight is 468 g/mol. The number of carbonyl (C=O) groups excluding carboxylic acids is 2. The predicted molar refractivity (Wildman–Crippen MR) is 133 cm³/mol. The van der Waals surface area contributed by atoms with E-state index in [1.54, 1.807) is 0 Å². The van der Waals surface area contributed by atoms with E-state index in [0.717, 1.165) is 18.6 Å². The predicted octanol–water partition coefficient (Wildman–Crippen LogP) is 5.94. The van der Waals surface area contributed by atoms with Crippen molar-refractivity contribution >= 4 is 17.6 Å². The summed E-state index contributed by atoms with van der Waals surface area (Å²) in [5.41, 5.74) is 3.08. The quantitative estimate of drug-likeness (QED) is 0.456. The van der Waals surface area contributed by atoms with Crippen LogP contribution in [0, 0.1) is 23.7 Å². The van der Waals surface area contributed by atoms with Gasteiger partial charge in [-0.25, -0.2) is 0 Å². The van der Waals surface area contributed by atoms with Gasteiger partial charge in [0.2, 0.25) is 5.91 Å². The van der Waals surface area contributed by atoms with Gasteiger partial charge in [0.1, 0.15) is 17.6 Å². The molecule has 1 saturated heterocycles. The highest BCUT2D eigenvalue weighted by Gasteiger charge is 2.63. The van der Waals surface area contributed by atoms with Crippen LogP contribution in [-0.2, 0) is 19.7 Å². The van der Waals surface area contributed by atoms with Gasteiger partial charge in [-0.05, 0) is 66.3 Å². The Balaban J connectivity index is 1.09. The number of benzene rings is 3. The molecule has 5 nitrogen and oxygen atoms in total. The van der Waals surface area contributed by atoms with Gasteiger partial charge in [0, 0.05) is 17.0 Å². The van der Waals surface area contributed by atoms with Crippen LogP contribution in [0.4, 0.5) is 5.69 Å². The molecule has 0 radical (unpaired) electrons. The van der Waals surface area contributed by atoms with E-state index in [2.05, 4.69) is 55.6 Å². The van der Waals surface area contributed by atoms with Gasteiger partial charge in [0.05, 0.1) is 11.8 Å². The highest BCUT2D eigenvalue weighted by molar-refractivity contribution is 5.97. The van der Waals surface area contributed by atoms with E-state index >= 15 is 0 Å². The lowest BCUT2D eigenvalue weighted by atomic mass is 9.78. The summed E-state index contributed by atoms with van der Waals surface area (Å²) in [6, 6.07) is 26.0. The number of anilines is 1. The van der Waals surface area contributed by atoms with E-state index in [1.165, 1.54) is 11.1 Å². The fraction of sp³-hybridized carbons (Fsp3) is 0.333. The molecule has 1 N–H and O–H groups in total. The number of ether oxygens (including phenoxy) is 2. The van der Waals surface area contributed by atoms with Crippen molar-refractivity contribution in [2.24, 2.45) is 23.7 Å². The second-order valence-electron chi connectivity index (χ2n) is 10.6. The third-order valence-corrected chi connectivity index (χ3v) is 8.22. The fourth-order valence-corrected chi connectivity index (χ4v) is 6.29. The summed E-state index contributed by atoms with van der Waals surface area (Å²) in [6.07, 6.45) is 1.78. The number of amides is 1. The lowest BCUT2D eigenvalue weighted by Gasteiger charge is -2.26. The molecule has 3 aliphatic rings. The lowest BCUT2D eigenvalue weighted by molar-refractivity contribution is -0.145. The first-order valence-electron chi connectivity index (χ1n) is 12.4. The molecule has 3 fully saturated rings. The van der Waals surface area contributed by atoms with Crippen molar-refractivity contribution in [3.8, 4) is 11.5 Å². The summed E-state index contributed by atoms with van der Waals surface area (Å²) in [5, 5.41) is 3.00. The van der Waals surface area contributed by atoms with Crippen LogP contribution in [0.5, 0.6) is 11.5 Å². The van der Waals surface area contributed by atoms with Crippen LogP contribution >= 0.6 is 0 Å². The molecule has 0 aromatic heterocycles. The molecule has 2 saturated carbocycles. The van der Waals surface area contributed by atoms with E-state index in [0.29, 0.717) is 11.4 Å². The fourth-order valence-electron chi connectivity index (χ4n) is 6.29. The number of rotatable bonds is 6. The van der Waals surface area contributed by atoms with Crippen LogP contribution in [0.15, 0.2) is 78.9 Å². The van der Waals surface area contributed by atoms with Gasteiger partial charge < -0.3 is 14.8 Å². The second kappa shape index (κ2) is 8.26. The summed E-state index contributed by atoms with van der Waals surface area (Å²) >= 11 is 0. The molecule has 35 heavy (non-hydrogen) atoms. The molecule has 6 rings (SSSR count). The molecule has 1 heterocycles. The van der Waals surface area contributed by atoms with Gasteiger partial charge >= 0.3 is 5.97 Å². The smallest absolute Gasteiger partial charge is 0.310 e. The summed E-state index contributed by atoms with van der Waals surface area (Å²) in [7, 11) is 0. The van der Waals surface area contributed by atoms with Crippen LogP contribution < -0.4 is 10.1 Å². The number of esters is 1. The number of fused-ring (bicyclic) bond motifs is 1. The maximum Gasteiger partial charge on any atom is 0.310 e. The normalized spacial score (nSPS) is 26.5. The molecule has 5 atom stereocenters. The minimum atomic E-state index is -0.277. The highest BCUT2D eigenvalue weighted by atomic mass is 16.6. The van der Waals surface area contributed by atoms with E-state index in [-0.39, 0.29) is 47.1 Å². The molecule has 0 spiro atoms. The zero-order chi connectivity index (χ0) is 24.2. The molecule has 5 heteroatoms. The Morgan fingerprint density at radius 3 is 2.20 bits per heavy atom. The van der Waals surface area contributed by atoms with E-state index in [9.17, 15) is 9.59 Å². The Kier molecular flexibility index (Phi) is 5.17. The Morgan fingerprint density at radius 2 is 1.51 bits per heavy atom. The average Bonchev–Trinajstić information content (AvgIpc) is 3.49. The third kappa shape index (κ3) is 3.79. The number of hydrogen-bond acceptors (Lipinski definition) is 4. The number of nitrogens with one attached hydrogen (secondary N) is 1. The monoisotopic (exact) mass is 467 g/mol. The highest BCUT2D eigenvalue weighted by Crippen LogP contribution is 2.57. The van der Waals surface area contributed by atoms with Gasteiger partial charge in [0.15, 0.2) is 0 Å². The van der Waals surface area contributed by atoms with Crippen LogP contribution in [0.25, 0.3) is 0 Å². The minimum absolute atomic E-state index is 0.0384. The molecule has 1 amide bonds. The first-order chi connectivity index (χ1) is 16.9. The van der Waals surface area contributed by atoms with Crippen molar-refractivity contribution in [3.63, 3.8) is 0 Å². The van der Waals surface area contributed by atoms with Gasteiger partial charge in [-0.2, -0.15) is 0 Å². The molecule has 2 bridgehead atoms. The van der Waals surface area contributed by atoms with Crippen molar-refractivity contribution in [3.05, 3.63) is 90.0 Å². The van der Waals surface area contributed by atoms with Gasteiger partial charge in [0.25, 0.3) is 0 Å². The van der Waals surface area contributed by atoms with Crippen LogP contribution in [0.1, 0.15) is 37.8 Å². The molecule has 3 aromatic carbocycles. The van der Waals surface area contributed by atoms with Gasteiger partial charge in [-0.3, -0.25) is 9.59 Å². The van der Waals surface area contributed by atoms with Crippen LogP contribution in [-0.4, -0.2) is 18.0 Å². The maximum atomic E-state index is 13.0. The summed E-state index contributed by atoms with van der Waals surface area (Å²) in [5.74, 6) is 1.11. The topological polar surface area (TPSA) is 64.6 Å². The Hall–Kier alpha value is -3.60. The molecule has 5 unspecified atom stereocenters. The molecule has 3 aromatic rings. The van der Waals surface area contributed by atoms with E-state index < -0.39 is 0 Å². The number of carbonyl (C=O) groups is 2. The van der Waals surface area contributed by atoms with Crippen molar-refractivity contribution in [1.29, 1.82) is 0 Å². The zero-order valence-electron chi connectivity index (χ0n) is 19.9. The number of hydrogen-bond donors (Lipinski definition) is 1. The van der Waals surface area contributed by atoms with Gasteiger partial charge in [-0.1, -0.05) is 56.3 Å². The first kappa shape index (κ1) is 21.9. The zero-order valence-corrected chi connectivity index (χ0v) is 19.9. The van der Waals surface area contributed by atoms with Crippen molar-refractivity contribution in [2.75, 3.05) is 5.32 Å². The molecular weight excluding hydrogens is 438 g/mol. The Morgan fingerprint density at radius 1 is 0.886 bits per heavy atom. The van der Waals surface area contributed by atoms with Crippen LogP contribution in [0.2, 0.25) is 0 Å². The van der Waals surface area contributed by atoms with Gasteiger partial charge in [-0.15, -0.1) is 0 Å². The largest absolute Gasteiger partial charge is 0.462 e. The van der Waals surface area contributed by atoms with Crippen molar-refractivity contribution < 1.29 is 19.1 Å². The standard InChI is InChI=1S/C30H29NO4/c1-30(2,19-6-4-3-5-7-19)20-8-12-22(13-9-20)34-23-14-10-21(11-15-23)31-28(32)26-18-16-24-25(17-18)35-29(33)27(24)26/h3-15,18,24-27H,16-17H2,1-2H3,(H,31,32). The first-order valence-corrected chi connectivity index (χ1v) is 12.4. The SMILES string of the molecule is CC(C)(c1ccccc1)c1ccc(Oc2ccc(NC(=O)C3C4CC5OC(=O)C3C5C4)cc2)cc1. The lowest BCUT2D eigenvalue weighted by Crippen LogP contribution is -2.35. The third-order valence-electron chi connectivity index (χ3n) is 8.22. The maximum absolute atomic E-state index is 13.0. The van der Waals surface area contributed by atoms with Crippen molar-refractivity contribution in [2.45, 2.75) is 38.2 Å². The Bertz CT molecular complexity index is 1250. The molecule has 178 valence electrons. The molecule has 2 aliphatic carbocycles. The van der Waals surface area contributed by atoms with E-state index in [4.69, 9.17) is 9.47 Å². The Labute approximate surface area is 205 Å². The molecule has 1 aliphatic heterocycles. The summed E-state index contributed by atoms with van der Waals surface area (Å²) < 4.78 is 11.5.